The summed E-state index contributed by atoms with van der Waals surface area (Å²) >= 11 is 0. The van der Waals surface area contributed by atoms with E-state index in [0.29, 0.717) is 6.42 Å². The van der Waals surface area contributed by atoms with Crippen LogP contribution in [0.3, 0.4) is 0 Å². The highest BCUT2D eigenvalue weighted by Crippen LogP contribution is 2.45. The summed E-state index contributed by atoms with van der Waals surface area (Å²) in [5.74, 6) is 0.735. The Labute approximate surface area is 178 Å². The topological polar surface area (TPSA) is 67.9 Å². The molecule has 4 rings (SSSR count). The van der Waals surface area contributed by atoms with Crippen LogP contribution < -0.4 is 10.1 Å². The number of benzene rings is 2. The minimum Gasteiger partial charge on any atom is -0.496 e. The second kappa shape index (κ2) is 8.41. The molecule has 1 atom stereocenters. The fourth-order valence-electron chi connectivity index (χ4n) is 4.27. The number of allylic oxidation sites excluding steroid dienone is 1. The van der Waals surface area contributed by atoms with Crippen LogP contribution in [0.1, 0.15) is 36.1 Å². The number of hydrogen-bond donors (Lipinski definition) is 1. The van der Waals surface area contributed by atoms with Gasteiger partial charge < -0.3 is 15.0 Å². The molecular weight excluding hydrogens is 400 g/mol. The Morgan fingerprint density at radius 1 is 1.03 bits per heavy atom. The molecule has 1 fully saturated rings. The average molecular weight is 429 g/mol. The van der Waals surface area contributed by atoms with Gasteiger partial charge in [-0.1, -0.05) is 29.8 Å². The van der Waals surface area contributed by atoms with E-state index >= 15 is 0 Å². The summed E-state index contributed by atoms with van der Waals surface area (Å²) in [6, 6.07) is 12.5. The molecule has 0 bridgehead atoms. The number of aryl methyl sites for hydroxylation is 1. The zero-order valence-corrected chi connectivity index (χ0v) is 18.5. The normalized spacial score (nSPS) is 19.6. The Hall–Kier alpha value is -2.35. The van der Waals surface area contributed by atoms with Crippen molar-refractivity contribution in [3.8, 4) is 5.75 Å². The lowest BCUT2D eigenvalue weighted by atomic mass is 9.86. The highest BCUT2D eigenvalue weighted by atomic mass is 32.2. The molecule has 1 heterocycles. The summed E-state index contributed by atoms with van der Waals surface area (Å²) in [4.78, 5) is 2.50. The van der Waals surface area contributed by atoms with Gasteiger partial charge in [0.2, 0.25) is 0 Å². The lowest BCUT2D eigenvalue weighted by molar-refractivity contribution is 0.187. The zero-order valence-electron chi connectivity index (χ0n) is 17.6. The average Bonchev–Trinajstić information content (AvgIpc) is 2.76. The van der Waals surface area contributed by atoms with Gasteiger partial charge in [-0.2, -0.15) is 8.42 Å². The number of methoxy groups -OCH3 is 1. The maximum atomic E-state index is 13.0. The second-order valence-corrected chi connectivity index (χ2v) is 9.36. The number of nitrogens with zero attached hydrogens (tertiary/aromatic N) is 1. The molecule has 0 radical (unpaired) electrons. The molecule has 1 aliphatic heterocycles. The minimum atomic E-state index is -3.90. The van der Waals surface area contributed by atoms with Gasteiger partial charge in [0.05, 0.1) is 12.0 Å². The molecule has 160 valence electrons. The van der Waals surface area contributed by atoms with E-state index in [1.54, 1.807) is 31.4 Å². The molecule has 7 heteroatoms. The molecule has 0 spiro atoms. The van der Waals surface area contributed by atoms with Gasteiger partial charge in [0.1, 0.15) is 11.9 Å². The Balaban J connectivity index is 1.75. The summed E-state index contributed by atoms with van der Waals surface area (Å²) in [7, 11) is -2.27. The molecule has 1 N–H and O–H groups in total. The Kier molecular flexibility index (Phi) is 5.86. The predicted molar refractivity (Wildman–Crippen MR) is 117 cm³/mol. The van der Waals surface area contributed by atoms with E-state index in [1.807, 2.05) is 25.1 Å². The van der Waals surface area contributed by atoms with Crippen LogP contribution in [0.5, 0.6) is 5.75 Å². The first kappa shape index (κ1) is 20.9. The molecule has 2 aromatic carbocycles. The molecule has 2 aliphatic rings. The van der Waals surface area contributed by atoms with Crippen molar-refractivity contribution in [3.63, 3.8) is 0 Å². The summed E-state index contributed by atoms with van der Waals surface area (Å²) in [6.45, 7) is 7.59. The number of fused-ring (bicyclic) bond motifs is 1. The van der Waals surface area contributed by atoms with E-state index < -0.39 is 16.2 Å². The zero-order chi connectivity index (χ0) is 21.3. The lowest BCUT2D eigenvalue weighted by Crippen LogP contribution is -2.43. The highest BCUT2D eigenvalue weighted by molar-refractivity contribution is 7.86. The van der Waals surface area contributed by atoms with Crippen molar-refractivity contribution in [2.75, 3.05) is 33.3 Å². The van der Waals surface area contributed by atoms with Crippen molar-refractivity contribution >= 4 is 15.7 Å². The Morgan fingerprint density at radius 2 is 1.73 bits per heavy atom. The number of hydrogen-bond acceptors (Lipinski definition) is 6. The van der Waals surface area contributed by atoms with Crippen LogP contribution in [0.4, 0.5) is 0 Å². The highest BCUT2D eigenvalue weighted by Gasteiger charge is 2.34. The molecule has 1 saturated heterocycles. The van der Waals surface area contributed by atoms with Gasteiger partial charge in [0, 0.05) is 43.9 Å². The smallest absolute Gasteiger partial charge is 0.297 e. The Morgan fingerprint density at radius 3 is 2.40 bits per heavy atom. The maximum absolute atomic E-state index is 13.0. The SMILES string of the molecule is COc1cccc2c1C(C)=C(N1CCNCC1)CC2OS(=O)(=O)c1ccc(C)cc1. The third-order valence-electron chi connectivity index (χ3n) is 5.86. The van der Waals surface area contributed by atoms with Gasteiger partial charge in [-0.25, -0.2) is 0 Å². The van der Waals surface area contributed by atoms with Crippen molar-refractivity contribution in [2.24, 2.45) is 0 Å². The van der Waals surface area contributed by atoms with Gasteiger partial charge in [-0.15, -0.1) is 0 Å². The first-order chi connectivity index (χ1) is 14.4. The number of piperazine rings is 1. The number of nitrogens with one attached hydrogen (secondary N) is 1. The molecule has 0 aromatic heterocycles. The minimum absolute atomic E-state index is 0.174. The molecular formula is C23H28N2O4S. The van der Waals surface area contributed by atoms with Crippen LogP contribution >= 0.6 is 0 Å². The molecule has 1 unspecified atom stereocenters. The van der Waals surface area contributed by atoms with E-state index in [0.717, 1.165) is 59.9 Å². The third-order valence-corrected chi connectivity index (χ3v) is 7.20. The summed E-state index contributed by atoms with van der Waals surface area (Å²) < 4.78 is 37.6. The fraction of sp³-hybridized carbons (Fsp3) is 0.391. The van der Waals surface area contributed by atoms with Gasteiger partial charge in [-0.3, -0.25) is 4.18 Å². The van der Waals surface area contributed by atoms with Crippen molar-refractivity contribution in [2.45, 2.75) is 31.3 Å². The summed E-state index contributed by atoms with van der Waals surface area (Å²) in [5, 5.41) is 3.37. The van der Waals surface area contributed by atoms with Crippen LogP contribution in [-0.4, -0.2) is 46.6 Å². The van der Waals surface area contributed by atoms with Crippen LogP contribution in [0.25, 0.3) is 5.57 Å². The first-order valence-corrected chi connectivity index (χ1v) is 11.6. The van der Waals surface area contributed by atoms with Crippen molar-refractivity contribution in [1.82, 2.24) is 10.2 Å². The molecule has 30 heavy (non-hydrogen) atoms. The lowest BCUT2D eigenvalue weighted by Gasteiger charge is -2.38. The van der Waals surface area contributed by atoms with E-state index in [2.05, 4.69) is 17.1 Å². The van der Waals surface area contributed by atoms with E-state index in [9.17, 15) is 8.42 Å². The summed E-state index contributed by atoms with van der Waals surface area (Å²) in [5.41, 5.74) is 5.03. The van der Waals surface area contributed by atoms with Crippen LogP contribution in [-0.2, 0) is 14.3 Å². The fourth-order valence-corrected chi connectivity index (χ4v) is 5.33. The van der Waals surface area contributed by atoms with Gasteiger partial charge in [0.15, 0.2) is 0 Å². The summed E-state index contributed by atoms with van der Waals surface area (Å²) in [6.07, 6.45) is -0.0909. The molecule has 6 nitrogen and oxygen atoms in total. The van der Waals surface area contributed by atoms with Crippen LogP contribution in [0, 0.1) is 6.92 Å². The molecule has 1 aliphatic carbocycles. The standard InChI is InChI=1S/C23H28N2O4S/c1-16-7-9-18(10-8-16)30(26,27)29-22-15-20(25-13-11-24-12-14-25)17(2)23-19(22)5-4-6-21(23)28-3/h4-10,22,24H,11-15H2,1-3H3. The van der Waals surface area contributed by atoms with Crippen LogP contribution in [0.15, 0.2) is 53.1 Å². The Bertz CT molecular complexity index is 1060. The van der Waals surface area contributed by atoms with Crippen molar-refractivity contribution in [1.29, 1.82) is 0 Å². The van der Waals surface area contributed by atoms with Gasteiger partial charge in [0.25, 0.3) is 10.1 Å². The number of rotatable bonds is 5. The number of ether oxygens (including phenoxy) is 1. The van der Waals surface area contributed by atoms with E-state index in [4.69, 9.17) is 8.92 Å². The van der Waals surface area contributed by atoms with Crippen molar-refractivity contribution < 1.29 is 17.3 Å². The van der Waals surface area contributed by atoms with Crippen LogP contribution in [0.2, 0.25) is 0 Å². The molecule has 0 saturated carbocycles. The second-order valence-electron chi connectivity index (χ2n) is 7.79. The van der Waals surface area contributed by atoms with Crippen molar-refractivity contribution in [3.05, 3.63) is 64.9 Å². The van der Waals surface area contributed by atoms with E-state index in [1.165, 1.54) is 0 Å². The predicted octanol–water partition coefficient (Wildman–Crippen LogP) is 3.49. The third kappa shape index (κ3) is 3.97. The maximum Gasteiger partial charge on any atom is 0.297 e. The van der Waals surface area contributed by atoms with E-state index in [-0.39, 0.29) is 4.90 Å². The molecule has 0 amide bonds. The van der Waals surface area contributed by atoms with Gasteiger partial charge in [-0.05, 0) is 43.2 Å². The first-order valence-electron chi connectivity index (χ1n) is 10.2. The van der Waals surface area contributed by atoms with Gasteiger partial charge >= 0.3 is 0 Å². The monoisotopic (exact) mass is 428 g/mol. The largest absolute Gasteiger partial charge is 0.496 e. The quantitative estimate of drug-likeness (QED) is 0.736. The molecule has 2 aromatic rings.